The molecule has 0 radical (unpaired) electrons. The van der Waals surface area contributed by atoms with Crippen LogP contribution in [0.3, 0.4) is 0 Å². The molecule has 2 unspecified atom stereocenters. The maximum absolute atomic E-state index is 14.3. The summed E-state index contributed by atoms with van der Waals surface area (Å²) in [5.74, 6) is 13.1. The van der Waals surface area contributed by atoms with Gasteiger partial charge < -0.3 is 10.1 Å². The van der Waals surface area contributed by atoms with Crippen LogP contribution < -0.4 is 19.3 Å². The Morgan fingerprint density at radius 2 is 1.84 bits per heavy atom. The van der Waals surface area contributed by atoms with Gasteiger partial charge in [-0.2, -0.15) is 17.4 Å². The number of rotatable bonds is 9. The number of benzene rings is 3. The fourth-order valence-corrected chi connectivity index (χ4v) is 7.69. The summed E-state index contributed by atoms with van der Waals surface area (Å²) in [7, 11) is -6.44. The number of anilines is 1. The summed E-state index contributed by atoms with van der Waals surface area (Å²) in [5, 5.41) is 3.02. The number of hydrogen-bond donors (Lipinski definition) is 2. The third-order valence-corrected chi connectivity index (χ3v) is 10.5. The van der Waals surface area contributed by atoms with Crippen molar-refractivity contribution in [1.82, 2.24) is 13.5 Å². The lowest BCUT2D eigenvalue weighted by atomic mass is 10.1. The predicted octanol–water partition coefficient (Wildman–Crippen LogP) is 3.92. The third-order valence-electron chi connectivity index (χ3n) is 7.92. The van der Waals surface area contributed by atoms with Crippen LogP contribution in [-0.2, 0) is 24.8 Å². The molecule has 0 aromatic heterocycles. The van der Waals surface area contributed by atoms with Crippen molar-refractivity contribution in [2.75, 3.05) is 31.8 Å². The predicted molar refractivity (Wildman–Crippen MR) is 199 cm³/mol. The van der Waals surface area contributed by atoms with Gasteiger partial charge in [-0.3, -0.25) is 9.28 Å². The number of likely N-dealkylation sites (N-methyl/N-ethyl adjacent to an activating group) is 1. The van der Waals surface area contributed by atoms with Crippen molar-refractivity contribution in [3.05, 3.63) is 71.2 Å². The number of terminal acetylenes is 1. The highest BCUT2D eigenvalue weighted by Crippen LogP contribution is 2.40. The Hall–Kier alpha value is -5.58. The highest BCUT2D eigenvalue weighted by Gasteiger charge is 2.57. The van der Waals surface area contributed by atoms with Crippen LogP contribution in [-0.4, -0.2) is 71.2 Å². The van der Waals surface area contributed by atoms with Crippen LogP contribution in [0.1, 0.15) is 12.5 Å². The molecule has 2 aliphatic rings. The number of hydrogen-bond acceptors (Lipinski definition) is 8. The number of aliphatic imine (C=N–C) groups is 2. The van der Waals surface area contributed by atoms with Crippen molar-refractivity contribution in [2.24, 2.45) is 9.98 Å². The minimum absolute atomic E-state index is 0.0600. The molecule has 0 saturated carbocycles. The van der Waals surface area contributed by atoms with Gasteiger partial charge in [-0.15, -0.1) is 6.42 Å². The molecule has 2 heterocycles. The van der Waals surface area contributed by atoms with Crippen molar-refractivity contribution in [1.29, 1.82) is 0 Å². The highest BCUT2D eigenvalue weighted by atomic mass is 35.5. The summed E-state index contributed by atoms with van der Waals surface area (Å²) < 4.78 is 61.0. The van der Waals surface area contributed by atoms with Crippen LogP contribution in [0.15, 0.2) is 75.5 Å². The summed E-state index contributed by atoms with van der Waals surface area (Å²) in [4.78, 5) is 23.4. The number of halogens is 1. The number of sulfonamides is 2. The maximum Gasteiger partial charge on any atom is 0.279 e. The van der Waals surface area contributed by atoms with E-state index in [1.165, 1.54) is 31.4 Å². The molecule has 3 aromatic rings. The first-order chi connectivity index (χ1) is 24.2. The van der Waals surface area contributed by atoms with Crippen molar-refractivity contribution in [2.45, 2.75) is 24.9 Å². The second kappa shape index (κ2) is 14.7. The number of nitrogens with zero attached hydrogens (tertiary/aromatic N) is 4. The highest BCUT2D eigenvalue weighted by molar-refractivity contribution is 7.90. The van der Waals surface area contributed by atoms with Crippen LogP contribution >= 0.6 is 11.6 Å². The molecule has 2 N–H and O–H groups in total. The molecule has 15 heteroatoms. The van der Waals surface area contributed by atoms with Crippen LogP contribution in [0.4, 0.5) is 22.7 Å². The first-order valence-corrected chi connectivity index (χ1v) is 18.8. The minimum Gasteiger partial charge on any atom is -0.495 e. The number of fused-ring (bicyclic) bond motifs is 1. The lowest BCUT2D eigenvalue weighted by Crippen LogP contribution is -2.44. The van der Waals surface area contributed by atoms with Gasteiger partial charge in [0.1, 0.15) is 16.3 Å². The zero-order chi connectivity index (χ0) is 37.0. The van der Waals surface area contributed by atoms with Crippen molar-refractivity contribution in [3.63, 3.8) is 0 Å². The van der Waals surface area contributed by atoms with Gasteiger partial charge in [-0.05, 0) is 73.6 Å². The molecule has 1 amide bonds. The normalized spacial score (nSPS) is 18.5. The van der Waals surface area contributed by atoms with E-state index in [0.29, 0.717) is 38.2 Å². The molecule has 0 bridgehead atoms. The van der Waals surface area contributed by atoms with Gasteiger partial charge in [0.25, 0.3) is 15.9 Å². The van der Waals surface area contributed by atoms with E-state index in [9.17, 15) is 21.6 Å². The average molecular weight is 742 g/mol. The quantitative estimate of drug-likeness (QED) is 0.147. The first kappa shape index (κ1) is 36.7. The number of ether oxygens (including phenoxy) is 1. The number of nitrogens with one attached hydrogen (secondary N) is 2. The fourth-order valence-electron chi connectivity index (χ4n) is 5.40. The molecule has 12 nitrogen and oxygen atoms in total. The summed E-state index contributed by atoms with van der Waals surface area (Å²) in [6.07, 6.45) is 5.91. The van der Waals surface area contributed by atoms with E-state index in [0.717, 1.165) is 11.9 Å². The van der Waals surface area contributed by atoms with E-state index in [2.05, 4.69) is 61.6 Å². The molecule has 0 aliphatic carbocycles. The molecule has 2 atom stereocenters. The Morgan fingerprint density at radius 1 is 1.12 bits per heavy atom. The maximum atomic E-state index is 14.3. The van der Waals surface area contributed by atoms with Gasteiger partial charge in [-0.25, -0.2) is 18.4 Å². The minimum atomic E-state index is -4.42. The molecule has 1 fully saturated rings. The lowest BCUT2D eigenvalue weighted by Gasteiger charge is -2.25. The molecule has 51 heavy (non-hydrogen) atoms. The number of carbonyl (C=O) groups excluding carboxylic acids is 1. The summed E-state index contributed by atoms with van der Waals surface area (Å²) >= 11 is 6.23. The van der Waals surface area contributed by atoms with Crippen LogP contribution in [0.5, 0.6) is 5.75 Å². The number of amidine groups is 1. The van der Waals surface area contributed by atoms with Gasteiger partial charge in [0.2, 0.25) is 16.2 Å². The van der Waals surface area contributed by atoms with Crippen molar-refractivity contribution >= 4 is 71.9 Å². The van der Waals surface area contributed by atoms with Gasteiger partial charge >= 0.3 is 0 Å². The van der Waals surface area contributed by atoms with Gasteiger partial charge in [0.15, 0.2) is 18.1 Å². The fraction of sp³-hybridized carbons (Fsp3) is 0.194. The summed E-state index contributed by atoms with van der Waals surface area (Å²) in [6.45, 7) is 4.90. The van der Waals surface area contributed by atoms with E-state index in [-0.39, 0.29) is 28.2 Å². The first-order valence-electron chi connectivity index (χ1n) is 15.1. The van der Waals surface area contributed by atoms with E-state index in [4.69, 9.17) is 22.8 Å². The number of para-hydroxylation sites is 1. The van der Waals surface area contributed by atoms with Gasteiger partial charge in [0.05, 0.1) is 37.0 Å². The van der Waals surface area contributed by atoms with E-state index in [1.54, 1.807) is 37.3 Å². The molecular formula is C36H30ClN6O6S2+. The molecule has 5 rings (SSSR count). The number of quaternary nitrogens is 1. The second-order valence-corrected chi connectivity index (χ2v) is 15.2. The lowest BCUT2D eigenvalue weighted by molar-refractivity contribution is -0.110. The van der Waals surface area contributed by atoms with E-state index in [1.807, 2.05) is 13.0 Å². The Balaban J connectivity index is 1.69. The molecule has 3 aromatic carbocycles. The SMILES string of the molecule is C#CC#CC#CC#CN1C(C(=Nc2ccc([N+]3(CC)CC3NS(C)(=O)=O)cc2C)C(=O)Nc2cc(Cl)ccc2OC)=Nc2ccccc2S1(=O)=O. The molecule has 2 aliphatic heterocycles. The molecule has 1 saturated heterocycles. The Bertz CT molecular complexity index is 2470. The monoisotopic (exact) mass is 741 g/mol. The van der Waals surface area contributed by atoms with Crippen LogP contribution in [0, 0.1) is 54.9 Å². The topological polar surface area (TPSA) is 147 Å². The summed E-state index contributed by atoms with van der Waals surface area (Å²) in [6, 6.07) is 18.4. The van der Waals surface area contributed by atoms with Gasteiger partial charge in [-0.1, -0.05) is 23.7 Å². The largest absolute Gasteiger partial charge is 0.495 e. The van der Waals surface area contributed by atoms with Crippen LogP contribution in [0.2, 0.25) is 5.02 Å². The van der Waals surface area contributed by atoms with Crippen LogP contribution in [0.25, 0.3) is 0 Å². The molecule has 258 valence electrons. The number of aryl methyl sites for hydroxylation is 1. The second-order valence-electron chi connectivity index (χ2n) is 11.2. The van der Waals surface area contributed by atoms with E-state index >= 15 is 0 Å². The molecule has 0 spiro atoms. The number of carbonyl (C=O) groups is 1. The number of methoxy groups -OCH3 is 1. The number of amides is 1. The summed E-state index contributed by atoms with van der Waals surface area (Å²) in [5.41, 5.74) is 1.58. The van der Waals surface area contributed by atoms with Crippen molar-refractivity contribution in [3.8, 4) is 53.7 Å². The smallest absolute Gasteiger partial charge is 0.279 e. The third kappa shape index (κ3) is 7.93. The average Bonchev–Trinajstić information content (AvgIpc) is 3.78. The standard InChI is InChI=1S/C36H29ClN6O6S2/c1-6-8-9-10-11-14-21-42-35(39-29-15-12-13-16-32(29)51(42,47)48)34(36(44)40-30-23-26(37)17-20-31(30)49-4)38-28-19-18-27(22-25(28)3)43(7-2)24-33(43)41-50(5,45)46/h1,12-13,15-20,22-23,33,41H,7,24H2,2-5H3/p+1. The zero-order valence-electron chi connectivity index (χ0n) is 27.8. The molecular weight excluding hydrogens is 712 g/mol. The Kier molecular flexibility index (Phi) is 10.6. The Morgan fingerprint density at radius 3 is 2.53 bits per heavy atom. The van der Waals surface area contributed by atoms with E-state index < -0.39 is 37.5 Å². The Labute approximate surface area is 302 Å². The van der Waals surface area contributed by atoms with Gasteiger partial charge in [0, 0.05) is 41.0 Å². The van der Waals surface area contributed by atoms with Crippen molar-refractivity contribution < 1.29 is 26.4 Å². The zero-order valence-corrected chi connectivity index (χ0v) is 30.2.